The van der Waals surface area contributed by atoms with Crippen LogP contribution in [0, 0.1) is 6.92 Å². The van der Waals surface area contributed by atoms with Gasteiger partial charge in [0.15, 0.2) is 0 Å². The normalized spacial score (nSPS) is 12.3. The van der Waals surface area contributed by atoms with E-state index in [1.165, 1.54) is 0 Å². The Balaban J connectivity index is 2.35. The molecule has 1 atom stereocenters. The number of hydrogen-bond acceptors (Lipinski definition) is 4. The molecule has 0 saturated carbocycles. The summed E-state index contributed by atoms with van der Waals surface area (Å²) in [6, 6.07) is 11.0. The molecule has 2 rings (SSSR count). The van der Waals surface area contributed by atoms with Crippen molar-refractivity contribution >= 4 is 38.9 Å². The van der Waals surface area contributed by atoms with E-state index < -0.39 is 22.0 Å². The Bertz CT molecular complexity index is 930. The third-order valence-corrected chi connectivity index (χ3v) is 5.57. The van der Waals surface area contributed by atoms with Gasteiger partial charge in [-0.05, 0) is 62.2 Å². The summed E-state index contributed by atoms with van der Waals surface area (Å²) in [6.07, 6.45) is 1.38. The van der Waals surface area contributed by atoms with Crippen LogP contribution in [0.4, 0.5) is 11.4 Å². The molecule has 1 N–H and O–H groups in total. The Labute approximate surface area is 171 Å². The van der Waals surface area contributed by atoms with Crippen LogP contribution >= 0.6 is 11.6 Å². The predicted molar refractivity (Wildman–Crippen MR) is 114 cm³/mol. The number of benzene rings is 2. The molecular weight excluding hydrogens is 400 g/mol. The molecule has 0 aliphatic heterocycles. The van der Waals surface area contributed by atoms with Crippen LogP contribution in [0.25, 0.3) is 0 Å². The van der Waals surface area contributed by atoms with Crippen LogP contribution in [0.2, 0.25) is 5.02 Å². The van der Waals surface area contributed by atoms with Crippen molar-refractivity contribution in [2.24, 2.45) is 0 Å². The highest BCUT2D eigenvalue weighted by atomic mass is 35.5. The molecule has 0 fully saturated rings. The Morgan fingerprint density at radius 3 is 2.36 bits per heavy atom. The molecule has 0 heterocycles. The zero-order chi connectivity index (χ0) is 20.9. The first kappa shape index (κ1) is 22.0. The predicted octanol–water partition coefficient (Wildman–Crippen LogP) is 4.23. The van der Waals surface area contributed by atoms with Gasteiger partial charge in [0.05, 0.1) is 18.6 Å². The van der Waals surface area contributed by atoms with E-state index in [-0.39, 0.29) is 0 Å². The molecule has 1 amide bonds. The van der Waals surface area contributed by atoms with Crippen LogP contribution in [0.15, 0.2) is 42.5 Å². The lowest BCUT2D eigenvalue weighted by Crippen LogP contribution is -2.47. The maximum Gasteiger partial charge on any atom is 0.248 e. The van der Waals surface area contributed by atoms with Crippen molar-refractivity contribution < 1.29 is 17.9 Å². The Morgan fingerprint density at radius 1 is 1.18 bits per heavy atom. The zero-order valence-corrected chi connectivity index (χ0v) is 18.0. The second kappa shape index (κ2) is 9.30. The van der Waals surface area contributed by atoms with Crippen LogP contribution < -0.4 is 14.4 Å². The second-order valence-corrected chi connectivity index (χ2v) is 8.66. The summed E-state index contributed by atoms with van der Waals surface area (Å²) in [6.45, 7) is 5.98. The average Bonchev–Trinajstić information content (AvgIpc) is 2.62. The molecule has 0 saturated heterocycles. The molecule has 0 aliphatic rings. The van der Waals surface area contributed by atoms with Crippen LogP contribution in [0.1, 0.15) is 25.8 Å². The van der Waals surface area contributed by atoms with Crippen molar-refractivity contribution in [3.63, 3.8) is 0 Å². The first-order valence-corrected chi connectivity index (χ1v) is 11.2. The lowest BCUT2D eigenvalue weighted by Gasteiger charge is -2.31. The van der Waals surface area contributed by atoms with E-state index in [2.05, 4.69) is 5.32 Å². The molecule has 8 heteroatoms. The lowest BCUT2D eigenvalue weighted by molar-refractivity contribution is -0.117. The monoisotopic (exact) mass is 424 g/mol. The first-order valence-electron chi connectivity index (χ1n) is 8.96. The Morgan fingerprint density at radius 2 is 1.82 bits per heavy atom. The second-order valence-electron chi connectivity index (χ2n) is 6.36. The summed E-state index contributed by atoms with van der Waals surface area (Å²) in [5, 5.41) is 3.18. The van der Waals surface area contributed by atoms with E-state index in [0.29, 0.717) is 40.7 Å². The number of carbonyl (C=O) groups is 1. The molecule has 0 spiro atoms. The number of rotatable bonds is 8. The van der Waals surface area contributed by atoms with Gasteiger partial charge in [-0.25, -0.2) is 8.42 Å². The number of amides is 1. The SMILES string of the molecule is CCOc1ccc(NC(=O)[C@@H](CC)N(c2cc(Cl)ccc2C)S(C)(=O)=O)cc1. The Hall–Kier alpha value is -2.25. The highest BCUT2D eigenvalue weighted by Crippen LogP contribution is 2.29. The molecule has 152 valence electrons. The van der Waals surface area contributed by atoms with Crippen LogP contribution in [0.5, 0.6) is 5.75 Å². The number of sulfonamides is 1. The fourth-order valence-corrected chi connectivity index (χ4v) is 4.31. The number of ether oxygens (including phenoxy) is 1. The molecule has 0 bridgehead atoms. The summed E-state index contributed by atoms with van der Waals surface area (Å²) >= 11 is 6.07. The minimum absolute atomic E-state index is 0.294. The van der Waals surface area contributed by atoms with Crippen molar-refractivity contribution in [1.82, 2.24) is 0 Å². The third kappa shape index (κ3) is 5.39. The molecule has 0 radical (unpaired) electrons. The van der Waals surface area contributed by atoms with E-state index in [0.717, 1.165) is 10.6 Å². The van der Waals surface area contributed by atoms with Gasteiger partial charge in [-0.15, -0.1) is 0 Å². The summed E-state index contributed by atoms with van der Waals surface area (Å²) in [5.74, 6) is 0.274. The van der Waals surface area contributed by atoms with Gasteiger partial charge in [0.25, 0.3) is 0 Å². The summed E-state index contributed by atoms with van der Waals surface area (Å²) in [4.78, 5) is 12.9. The number of aryl methyl sites for hydroxylation is 1. The molecule has 28 heavy (non-hydrogen) atoms. The zero-order valence-electron chi connectivity index (χ0n) is 16.4. The summed E-state index contributed by atoms with van der Waals surface area (Å²) in [7, 11) is -3.73. The van der Waals surface area contributed by atoms with E-state index >= 15 is 0 Å². The minimum atomic E-state index is -3.73. The van der Waals surface area contributed by atoms with Crippen LogP contribution in [0.3, 0.4) is 0 Å². The molecule has 0 unspecified atom stereocenters. The van der Waals surface area contributed by atoms with Crippen molar-refractivity contribution in [3.8, 4) is 5.75 Å². The first-order chi connectivity index (χ1) is 13.2. The van der Waals surface area contributed by atoms with E-state index in [9.17, 15) is 13.2 Å². The van der Waals surface area contributed by atoms with Gasteiger partial charge in [-0.2, -0.15) is 0 Å². The minimum Gasteiger partial charge on any atom is -0.494 e. The molecule has 0 aliphatic carbocycles. The van der Waals surface area contributed by atoms with Gasteiger partial charge < -0.3 is 10.1 Å². The number of anilines is 2. The van der Waals surface area contributed by atoms with E-state index in [4.69, 9.17) is 16.3 Å². The maximum absolute atomic E-state index is 12.9. The smallest absolute Gasteiger partial charge is 0.248 e. The van der Waals surface area contributed by atoms with Crippen molar-refractivity contribution in [3.05, 3.63) is 53.1 Å². The number of hydrogen-bond donors (Lipinski definition) is 1. The van der Waals surface area contributed by atoms with Gasteiger partial charge in [0, 0.05) is 10.7 Å². The van der Waals surface area contributed by atoms with E-state index in [1.807, 2.05) is 6.92 Å². The van der Waals surface area contributed by atoms with Gasteiger partial charge >= 0.3 is 0 Å². The third-order valence-electron chi connectivity index (χ3n) is 4.17. The van der Waals surface area contributed by atoms with Crippen molar-refractivity contribution in [2.75, 3.05) is 22.5 Å². The number of nitrogens with one attached hydrogen (secondary N) is 1. The molecular formula is C20H25ClN2O4S. The van der Waals surface area contributed by atoms with Gasteiger partial charge in [0.1, 0.15) is 11.8 Å². The highest BCUT2D eigenvalue weighted by molar-refractivity contribution is 7.92. The maximum atomic E-state index is 12.9. The van der Waals surface area contributed by atoms with Crippen molar-refractivity contribution in [2.45, 2.75) is 33.2 Å². The highest BCUT2D eigenvalue weighted by Gasteiger charge is 2.32. The number of carbonyl (C=O) groups excluding carboxylic acids is 1. The molecule has 6 nitrogen and oxygen atoms in total. The summed E-state index contributed by atoms with van der Waals surface area (Å²) < 4.78 is 31.6. The lowest BCUT2D eigenvalue weighted by atomic mass is 10.1. The van der Waals surface area contributed by atoms with Gasteiger partial charge in [0.2, 0.25) is 15.9 Å². The Kier molecular flexibility index (Phi) is 7.32. The van der Waals surface area contributed by atoms with Crippen LogP contribution in [-0.4, -0.2) is 33.2 Å². The van der Waals surface area contributed by atoms with E-state index in [1.54, 1.807) is 56.3 Å². The molecule has 0 aromatic heterocycles. The van der Waals surface area contributed by atoms with Gasteiger partial charge in [-0.1, -0.05) is 24.6 Å². The average molecular weight is 425 g/mol. The molecule has 2 aromatic carbocycles. The fourth-order valence-electron chi connectivity index (χ4n) is 2.88. The van der Waals surface area contributed by atoms with Crippen LogP contribution in [-0.2, 0) is 14.8 Å². The quantitative estimate of drug-likeness (QED) is 0.688. The number of nitrogens with zero attached hydrogens (tertiary/aromatic N) is 1. The van der Waals surface area contributed by atoms with Crippen molar-refractivity contribution in [1.29, 1.82) is 0 Å². The summed E-state index contributed by atoms with van der Waals surface area (Å²) in [5.41, 5.74) is 1.66. The standard InChI is InChI=1S/C20H25ClN2O4S/c1-5-18(20(24)22-16-9-11-17(12-10-16)27-6-2)23(28(4,25)26)19-13-15(21)8-7-14(19)3/h7-13,18H,5-6H2,1-4H3,(H,22,24)/t18-/m1/s1. The van der Waals surface area contributed by atoms with Gasteiger partial charge in [-0.3, -0.25) is 9.10 Å². The molecule has 2 aromatic rings. The topological polar surface area (TPSA) is 75.7 Å². The largest absolute Gasteiger partial charge is 0.494 e. The number of halogens is 1. The fraction of sp³-hybridized carbons (Fsp3) is 0.350.